The number of rotatable bonds is 1. The smallest absolute Gasteiger partial charge is 0.0862 e. The molecule has 3 heteroatoms. The van der Waals surface area contributed by atoms with Gasteiger partial charge in [0, 0.05) is 0 Å². The van der Waals surface area contributed by atoms with Crippen molar-refractivity contribution in [3.8, 4) is 0 Å². The van der Waals surface area contributed by atoms with Crippen molar-refractivity contribution in [2.75, 3.05) is 0 Å². The fraction of sp³-hybridized carbons (Fsp3) is 0.500. The average molecular weight is 151 g/mol. The first kappa shape index (κ1) is 7.98. The molecule has 1 aliphatic rings. The molecule has 1 aliphatic carbocycles. The minimum Gasteiger partial charge on any atom is -0.305 e. The van der Waals surface area contributed by atoms with Crippen molar-refractivity contribution in [3.05, 3.63) is 23.4 Å². The van der Waals surface area contributed by atoms with Crippen LogP contribution in [-0.4, -0.2) is 0 Å². The van der Waals surface area contributed by atoms with E-state index in [9.17, 15) is 0 Å². The predicted octanol–water partition coefficient (Wildman–Crippen LogP) is 2.18. The Hall–Kier alpha value is -1.12. The van der Waals surface area contributed by atoms with Gasteiger partial charge >= 0.3 is 0 Å². The molecule has 0 aliphatic heterocycles. The molecular formula is C8H13N3. The lowest BCUT2D eigenvalue weighted by Gasteiger charge is -2.14. The van der Waals surface area contributed by atoms with E-state index in [4.69, 9.17) is 5.84 Å². The van der Waals surface area contributed by atoms with Crippen LogP contribution >= 0.6 is 0 Å². The molecule has 0 bridgehead atoms. The summed E-state index contributed by atoms with van der Waals surface area (Å²) in [6.45, 7) is 4.24. The van der Waals surface area contributed by atoms with Gasteiger partial charge in [0.05, 0.1) is 5.70 Å². The number of allylic oxidation sites excluding steroid dienone is 3. The molecule has 0 aromatic carbocycles. The van der Waals surface area contributed by atoms with Crippen LogP contribution in [0.3, 0.4) is 0 Å². The van der Waals surface area contributed by atoms with Crippen LogP contribution in [0.25, 0.3) is 0 Å². The van der Waals surface area contributed by atoms with Crippen molar-refractivity contribution in [2.24, 2.45) is 22.1 Å². The first-order valence-corrected chi connectivity index (χ1v) is 3.74. The largest absolute Gasteiger partial charge is 0.305 e. The van der Waals surface area contributed by atoms with Crippen LogP contribution in [0.2, 0.25) is 0 Å². The van der Waals surface area contributed by atoms with E-state index in [0.29, 0.717) is 5.92 Å². The van der Waals surface area contributed by atoms with E-state index in [1.54, 1.807) is 0 Å². The summed E-state index contributed by atoms with van der Waals surface area (Å²) in [5, 5.41) is 7.07. The Morgan fingerprint density at radius 2 is 2.36 bits per heavy atom. The van der Waals surface area contributed by atoms with Gasteiger partial charge in [0.15, 0.2) is 0 Å². The zero-order chi connectivity index (χ0) is 8.27. The summed E-state index contributed by atoms with van der Waals surface area (Å²) in [7, 11) is 0. The maximum atomic E-state index is 4.96. The zero-order valence-corrected chi connectivity index (χ0v) is 6.91. The van der Waals surface area contributed by atoms with Crippen LogP contribution in [0.5, 0.6) is 0 Å². The van der Waals surface area contributed by atoms with Crippen molar-refractivity contribution in [3.63, 3.8) is 0 Å². The Morgan fingerprint density at radius 3 is 3.00 bits per heavy atom. The fourth-order valence-corrected chi connectivity index (χ4v) is 1.12. The Labute approximate surface area is 66.7 Å². The van der Waals surface area contributed by atoms with Crippen LogP contribution in [0, 0.1) is 5.92 Å². The lowest BCUT2D eigenvalue weighted by molar-refractivity contribution is 0.672. The van der Waals surface area contributed by atoms with Gasteiger partial charge in [-0.2, -0.15) is 0 Å². The molecular weight excluding hydrogens is 138 g/mol. The molecule has 0 aromatic heterocycles. The highest BCUT2D eigenvalue weighted by atomic mass is 15.3. The number of hydrogen-bond acceptors (Lipinski definition) is 2. The third-order valence-corrected chi connectivity index (χ3v) is 2.07. The minimum atomic E-state index is 0.570. The highest BCUT2D eigenvalue weighted by Gasteiger charge is 2.10. The van der Waals surface area contributed by atoms with Crippen molar-refractivity contribution in [1.82, 2.24) is 0 Å². The average Bonchev–Trinajstić information content (AvgIpc) is 1.99. The summed E-state index contributed by atoms with van der Waals surface area (Å²) in [5.74, 6) is 5.53. The zero-order valence-electron chi connectivity index (χ0n) is 6.91. The summed E-state index contributed by atoms with van der Waals surface area (Å²) < 4.78 is 0. The minimum absolute atomic E-state index is 0.570. The Balaban J connectivity index is 2.89. The van der Waals surface area contributed by atoms with E-state index in [2.05, 4.69) is 30.3 Å². The highest BCUT2D eigenvalue weighted by molar-refractivity contribution is 5.28. The molecule has 0 heterocycles. The van der Waals surface area contributed by atoms with Gasteiger partial charge in [0.25, 0.3) is 0 Å². The summed E-state index contributed by atoms with van der Waals surface area (Å²) in [4.78, 5) is 0. The van der Waals surface area contributed by atoms with Crippen molar-refractivity contribution < 1.29 is 0 Å². The Morgan fingerprint density at radius 1 is 1.64 bits per heavy atom. The molecule has 1 unspecified atom stereocenters. The molecule has 0 saturated heterocycles. The normalized spacial score (nSPS) is 25.1. The molecule has 2 N–H and O–H groups in total. The molecule has 0 radical (unpaired) electrons. The summed E-state index contributed by atoms with van der Waals surface area (Å²) in [5.41, 5.74) is 2.17. The molecule has 60 valence electrons. The van der Waals surface area contributed by atoms with Gasteiger partial charge in [0.2, 0.25) is 0 Å². The third kappa shape index (κ3) is 1.67. The van der Waals surface area contributed by atoms with Crippen molar-refractivity contribution in [1.29, 1.82) is 0 Å². The molecule has 1 atom stereocenters. The second kappa shape index (κ2) is 3.32. The first-order chi connectivity index (χ1) is 5.25. The lowest BCUT2D eigenvalue weighted by atomic mass is 9.93. The fourth-order valence-electron chi connectivity index (χ4n) is 1.12. The Bertz CT molecular complexity index is 221. The van der Waals surface area contributed by atoms with E-state index < -0.39 is 0 Å². The van der Waals surface area contributed by atoms with Crippen LogP contribution in [0.4, 0.5) is 0 Å². The molecule has 0 spiro atoms. The molecule has 3 nitrogen and oxygen atoms in total. The number of hydrogen-bond donors (Lipinski definition) is 1. The van der Waals surface area contributed by atoms with Crippen molar-refractivity contribution >= 4 is 0 Å². The van der Waals surface area contributed by atoms with Gasteiger partial charge < -0.3 is 5.84 Å². The molecule has 1 rings (SSSR count). The molecule has 11 heavy (non-hydrogen) atoms. The monoisotopic (exact) mass is 151 g/mol. The highest BCUT2D eigenvalue weighted by Crippen LogP contribution is 2.24. The van der Waals surface area contributed by atoms with Crippen LogP contribution in [0.15, 0.2) is 33.8 Å². The second-order valence-corrected chi connectivity index (χ2v) is 2.82. The van der Waals surface area contributed by atoms with E-state index in [-0.39, 0.29) is 0 Å². The maximum Gasteiger partial charge on any atom is 0.0862 e. The predicted molar refractivity (Wildman–Crippen MR) is 44.7 cm³/mol. The lowest BCUT2D eigenvalue weighted by Crippen LogP contribution is -2.01. The molecule has 0 amide bonds. The van der Waals surface area contributed by atoms with Gasteiger partial charge in [-0.1, -0.05) is 18.2 Å². The quantitative estimate of drug-likeness (QED) is 0.348. The molecule has 0 fully saturated rings. The Kier molecular flexibility index (Phi) is 2.41. The third-order valence-electron chi connectivity index (χ3n) is 2.07. The van der Waals surface area contributed by atoms with Gasteiger partial charge in [-0.25, -0.2) is 0 Å². The van der Waals surface area contributed by atoms with E-state index in [0.717, 1.165) is 12.1 Å². The molecule has 0 saturated carbocycles. The summed E-state index contributed by atoms with van der Waals surface area (Å²) in [6, 6.07) is 0. The topological polar surface area (TPSA) is 50.7 Å². The second-order valence-electron chi connectivity index (χ2n) is 2.82. The molecule has 0 aromatic rings. The van der Waals surface area contributed by atoms with Gasteiger partial charge in [0.1, 0.15) is 0 Å². The van der Waals surface area contributed by atoms with Gasteiger partial charge in [-0.15, -0.1) is 5.11 Å². The van der Waals surface area contributed by atoms with Crippen LogP contribution < -0.4 is 5.84 Å². The first-order valence-electron chi connectivity index (χ1n) is 3.74. The van der Waals surface area contributed by atoms with E-state index in [1.165, 1.54) is 5.57 Å². The van der Waals surface area contributed by atoms with Crippen molar-refractivity contribution in [2.45, 2.75) is 20.3 Å². The van der Waals surface area contributed by atoms with E-state index >= 15 is 0 Å². The SMILES string of the molecule is CC1=C(N=NN)C=CCC1C. The summed E-state index contributed by atoms with van der Waals surface area (Å²) in [6.07, 6.45) is 5.16. The van der Waals surface area contributed by atoms with Gasteiger partial charge in [-0.3, -0.25) is 0 Å². The maximum absolute atomic E-state index is 4.96. The standard InChI is InChI=1S/C8H13N3/c1-6-4-3-5-8(7(6)2)10-11-9/h3,5-6H,4H2,1-2H3,(H2,9,10). The number of nitrogens with two attached hydrogens (primary N) is 1. The van der Waals surface area contributed by atoms with E-state index in [1.807, 2.05) is 6.08 Å². The van der Waals surface area contributed by atoms with Crippen LogP contribution in [-0.2, 0) is 0 Å². The number of nitrogens with zero attached hydrogens (tertiary/aromatic N) is 2. The summed E-state index contributed by atoms with van der Waals surface area (Å²) >= 11 is 0. The van der Waals surface area contributed by atoms with Crippen LogP contribution in [0.1, 0.15) is 20.3 Å². The van der Waals surface area contributed by atoms with Gasteiger partial charge in [-0.05, 0) is 30.9 Å².